The number of nitrogens with one attached hydrogen (secondary N) is 1. The Balaban J connectivity index is 1.68. The summed E-state index contributed by atoms with van der Waals surface area (Å²) in [7, 11) is 0. The summed E-state index contributed by atoms with van der Waals surface area (Å²) in [4.78, 5) is 25.9. The Bertz CT molecular complexity index is 876. The van der Waals surface area contributed by atoms with Crippen molar-refractivity contribution in [3.8, 4) is 5.75 Å². The Labute approximate surface area is 171 Å². The smallest absolute Gasteiger partial charge is 0.265 e. The number of rotatable bonds is 7. The lowest BCUT2D eigenvalue weighted by Gasteiger charge is -2.23. The van der Waals surface area contributed by atoms with Gasteiger partial charge in [-0.25, -0.2) is 5.48 Å². The average Bonchev–Trinajstić information content (AvgIpc) is 3.05. The van der Waals surface area contributed by atoms with E-state index in [1.807, 2.05) is 24.3 Å². The number of carbonyl (C=O) groups excluding carboxylic acids is 2. The number of nitrogens with zero attached hydrogens (tertiary/aromatic N) is 1. The first kappa shape index (κ1) is 20.9. The third-order valence-electron chi connectivity index (χ3n) is 5.42. The van der Waals surface area contributed by atoms with E-state index >= 15 is 0 Å². The van der Waals surface area contributed by atoms with Crippen LogP contribution < -0.4 is 10.2 Å². The Morgan fingerprint density at radius 3 is 2.62 bits per heavy atom. The highest BCUT2D eigenvalue weighted by Gasteiger charge is 2.37. The van der Waals surface area contributed by atoms with Gasteiger partial charge in [0.25, 0.3) is 5.91 Å². The summed E-state index contributed by atoms with van der Waals surface area (Å²) < 4.78 is 6.09. The van der Waals surface area contributed by atoms with Crippen molar-refractivity contribution in [2.24, 2.45) is 5.92 Å². The van der Waals surface area contributed by atoms with Crippen molar-refractivity contribution in [1.29, 1.82) is 0 Å². The fraction of sp³-hybridized carbons (Fsp3) is 0.391. The number of ether oxygens (including phenoxy) is 1. The van der Waals surface area contributed by atoms with Crippen LogP contribution in [0, 0.1) is 19.8 Å². The number of amides is 2. The van der Waals surface area contributed by atoms with Gasteiger partial charge < -0.3 is 9.64 Å². The second kappa shape index (κ2) is 9.09. The molecule has 1 fully saturated rings. The molecule has 1 aliphatic rings. The maximum Gasteiger partial charge on any atom is 0.265 e. The first-order valence-electron chi connectivity index (χ1n) is 9.91. The highest BCUT2D eigenvalue weighted by molar-refractivity contribution is 5.89. The molecule has 2 aromatic carbocycles. The zero-order valence-electron chi connectivity index (χ0n) is 17.1. The number of hydrogen-bond acceptors (Lipinski definition) is 4. The quantitative estimate of drug-likeness (QED) is 0.557. The van der Waals surface area contributed by atoms with Crippen molar-refractivity contribution in [2.75, 3.05) is 6.54 Å². The molecule has 154 valence electrons. The molecule has 3 rings (SSSR count). The van der Waals surface area contributed by atoms with Crippen LogP contribution in [0.3, 0.4) is 0 Å². The fourth-order valence-electron chi connectivity index (χ4n) is 3.96. The van der Waals surface area contributed by atoms with Crippen molar-refractivity contribution in [2.45, 2.75) is 46.3 Å². The number of para-hydroxylation sites is 1. The molecule has 2 unspecified atom stereocenters. The molecule has 1 heterocycles. The van der Waals surface area contributed by atoms with Gasteiger partial charge in [0.15, 0.2) is 0 Å². The van der Waals surface area contributed by atoms with Gasteiger partial charge in [-0.3, -0.25) is 14.8 Å². The Hall–Kier alpha value is -2.86. The predicted molar refractivity (Wildman–Crippen MR) is 110 cm³/mol. The summed E-state index contributed by atoms with van der Waals surface area (Å²) >= 11 is 0. The Morgan fingerprint density at radius 2 is 1.93 bits per heavy atom. The number of carbonyl (C=O) groups is 2. The normalized spacial score (nSPS) is 17.3. The van der Waals surface area contributed by atoms with Crippen LogP contribution in [0.15, 0.2) is 42.5 Å². The zero-order valence-corrected chi connectivity index (χ0v) is 17.1. The molecule has 0 radical (unpaired) electrons. The van der Waals surface area contributed by atoms with Crippen LogP contribution in [0.2, 0.25) is 0 Å². The second-order valence-electron chi connectivity index (χ2n) is 7.77. The molecule has 2 aromatic rings. The van der Waals surface area contributed by atoms with Crippen LogP contribution >= 0.6 is 0 Å². The number of likely N-dealkylation sites (tertiary alicyclic amines) is 1. The van der Waals surface area contributed by atoms with Crippen LogP contribution in [-0.4, -0.2) is 34.5 Å². The summed E-state index contributed by atoms with van der Waals surface area (Å²) in [5.41, 5.74) is 6.13. The SMILES string of the molecule is Cc1cc(C)cc(COc2ccccc2CC2CCN(C(C)C(=O)NO)C2=O)c1. The van der Waals surface area contributed by atoms with E-state index in [-0.39, 0.29) is 11.8 Å². The Kier molecular flexibility index (Phi) is 6.54. The third-order valence-corrected chi connectivity index (χ3v) is 5.42. The van der Waals surface area contributed by atoms with Crippen molar-refractivity contribution < 1.29 is 19.5 Å². The average molecular weight is 396 g/mol. The van der Waals surface area contributed by atoms with Crippen molar-refractivity contribution in [3.05, 3.63) is 64.7 Å². The van der Waals surface area contributed by atoms with E-state index in [9.17, 15) is 9.59 Å². The van der Waals surface area contributed by atoms with Gasteiger partial charge in [-0.2, -0.15) is 0 Å². The van der Waals surface area contributed by atoms with E-state index in [0.717, 1.165) is 16.9 Å². The molecule has 0 bridgehead atoms. The summed E-state index contributed by atoms with van der Waals surface area (Å²) in [5, 5.41) is 8.82. The first-order valence-corrected chi connectivity index (χ1v) is 9.91. The van der Waals surface area contributed by atoms with Crippen LogP contribution in [0.5, 0.6) is 5.75 Å². The van der Waals surface area contributed by atoms with Gasteiger partial charge in [-0.1, -0.05) is 47.5 Å². The highest BCUT2D eigenvalue weighted by Crippen LogP contribution is 2.29. The van der Waals surface area contributed by atoms with Crippen LogP contribution in [0.4, 0.5) is 0 Å². The number of hydroxylamine groups is 1. The van der Waals surface area contributed by atoms with E-state index < -0.39 is 11.9 Å². The molecule has 0 aliphatic carbocycles. The molecule has 0 aromatic heterocycles. The van der Waals surface area contributed by atoms with Crippen LogP contribution in [0.1, 0.15) is 35.6 Å². The molecule has 0 saturated carbocycles. The summed E-state index contributed by atoms with van der Waals surface area (Å²) in [6, 6.07) is 13.5. The van der Waals surface area contributed by atoms with Gasteiger partial charge in [0.05, 0.1) is 0 Å². The molecule has 0 spiro atoms. The van der Waals surface area contributed by atoms with Crippen LogP contribution in [0.25, 0.3) is 0 Å². The van der Waals surface area contributed by atoms with E-state index in [4.69, 9.17) is 9.94 Å². The molecule has 6 nitrogen and oxygen atoms in total. The van der Waals surface area contributed by atoms with E-state index in [0.29, 0.717) is 26.0 Å². The maximum atomic E-state index is 12.8. The molecule has 1 saturated heterocycles. The van der Waals surface area contributed by atoms with Gasteiger partial charge in [0.1, 0.15) is 18.4 Å². The molecular formula is C23H28N2O4. The topological polar surface area (TPSA) is 78.9 Å². The molecular weight excluding hydrogens is 368 g/mol. The third kappa shape index (κ3) is 4.95. The molecule has 2 N–H and O–H groups in total. The minimum atomic E-state index is -0.687. The van der Waals surface area contributed by atoms with Crippen molar-refractivity contribution >= 4 is 11.8 Å². The number of hydrogen-bond donors (Lipinski definition) is 2. The van der Waals surface area contributed by atoms with E-state index in [2.05, 4.69) is 32.0 Å². The zero-order chi connectivity index (χ0) is 21.0. The minimum absolute atomic E-state index is 0.0646. The van der Waals surface area contributed by atoms with Crippen molar-refractivity contribution in [1.82, 2.24) is 10.4 Å². The maximum absolute atomic E-state index is 12.8. The largest absolute Gasteiger partial charge is 0.489 e. The Morgan fingerprint density at radius 1 is 1.24 bits per heavy atom. The monoisotopic (exact) mass is 396 g/mol. The second-order valence-corrected chi connectivity index (χ2v) is 7.77. The van der Waals surface area contributed by atoms with Gasteiger partial charge in [-0.15, -0.1) is 0 Å². The fourth-order valence-corrected chi connectivity index (χ4v) is 3.96. The first-order chi connectivity index (χ1) is 13.9. The molecule has 2 amide bonds. The number of benzene rings is 2. The van der Waals surface area contributed by atoms with Gasteiger partial charge >= 0.3 is 0 Å². The lowest BCUT2D eigenvalue weighted by molar-refractivity contribution is -0.142. The summed E-state index contributed by atoms with van der Waals surface area (Å²) in [5.74, 6) is -0.0599. The summed E-state index contributed by atoms with van der Waals surface area (Å²) in [6.07, 6.45) is 1.24. The molecule has 2 atom stereocenters. The minimum Gasteiger partial charge on any atom is -0.489 e. The highest BCUT2D eigenvalue weighted by atomic mass is 16.5. The van der Waals surface area contributed by atoms with Crippen LogP contribution in [-0.2, 0) is 22.6 Å². The molecule has 6 heteroatoms. The van der Waals surface area contributed by atoms with Gasteiger partial charge in [0, 0.05) is 12.5 Å². The van der Waals surface area contributed by atoms with Crippen molar-refractivity contribution in [3.63, 3.8) is 0 Å². The predicted octanol–water partition coefficient (Wildman–Crippen LogP) is 3.17. The van der Waals surface area contributed by atoms with Gasteiger partial charge in [0.2, 0.25) is 5.91 Å². The molecule has 29 heavy (non-hydrogen) atoms. The van der Waals surface area contributed by atoms with E-state index in [1.165, 1.54) is 16.0 Å². The lowest BCUT2D eigenvalue weighted by Crippen LogP contribution is -2.45. The van der Waals surface area contributed by atoms with Gasteiger partial charge in [-0.05, 0) is 50.8 Å². The number of aryl methyl sites for hydroxylation is 2. The summed E-state index contributed by atoms with van der Waals surface area (Å²) in [6.45, 7) is 6.73. The standard InChI is InChI=1S/C23H28N2O4/c1-15-10-16(2)12-18(11-15)14-29-21-7-5-4-6-19(21)13-20-8-9-25(23(20)27)17(3)22(26)24-28/h4-7,10-12,17,20,28H,8-9,13-14H2,1-3H3,(H,24,26). The molecule has 1 aliphatic heterocycles. The lowest BCUT2D eigenvalue weighted by atomic mass is 9.97. The van der Waals surface area contributed by atoms with E-state index in [1.54, 1.807) is 12.4 Å².